The summed E-state index contributed by atoms with van der Waals surface area (Å²) in [4.78, 5) is -0.0730. The van der Waals surface area contributed by atoms with Gasteiger partial charge in [-0.1, -0.05) is 47.5 Å². The van der Waals surface area contributed by atoms with Gasteiger partial charge in [0.25, 0.3) is 20.2 Å². The van der Waals surface area contributed by atoms with E-state index < -0.39 is 31.9 Å². The first-order chi connectivity index (χ1) is 13.6. The molecule has 2 aliphatic carbocycles. The fourth-order valence-electron chi connectivity index (χ4n) is 3.85. The Hall–Kier alpha value is -2.00. The third-order valence-corrected chi connectivity index (χ3v) is 8.11. The van der Waals surface area contributed by atoms with Gasteiger partial charge >= 0.3 is 0 Å². The summed E-state index contributed by atoms with van der Waals surface area (Å²) in [6, 6.07) is 12.4. The Morgan fingerprint density at radius 2 is 1.21 bits per heavy atom. The molecule has 2 bridgehead atoms. The molecule has 2 unspecified atom stereocenters. The first-order valence-corrected chi connectivity index (χ1v) is 12.1. The number of hydrogen-bond donors (Lipinski definition) is 0. The SMILES string of the molecule is Cc1ccc(S(=O)(=O)OC2(OS(=O)(=O)c3ccc(C)cc3)CC3C=CC2C3)cc1. The van der Waals surface area contributed by atoms with Gasteiger partial charge in [-0.2, -0.15) is 16.8 Å². The molecule has 1 saturated carbocycles. The third kappa shape index (κ3) is 3.90. The highest BCUT2D eigenvalue weighted by Crippen LogP contribution is 2.51. The average molecular weight is 435 g/mol. The van der Waals surface area contributed by atoms with E-state index in [0.717, 1.165) is 11.1 Å². The molecule has 1 fully saturated rings. The first kappa shape index (κ1) is 20.3. The lowest BCUT2D eigenvalue weighted by atomic mass is 10.0. The van der Waals surface area contributed by atoms with Crippen LogP contribution in [0, 0.1) is 25.7 Å². The topological polar surface area (TPSA) is 86.7 Å². The smallest absolute Gasteiger partial charge is 0.230 e. The van der Waals surface area contributed by atoms with E-state index in [1.165, 1.54) is 24.3 Å². The Labute approximate surface area is 171 Å². The number of rotatable bonds is 6. The van der Waals surface area contributed by atoms with Crippen molar-refractivity contribution in [3.63, 3.8) is 0 Å². The lowest BCUT2D eigenvalue weighted by Crippen LogP contribution is -2.43. The van der Waals surface area contributed by atoms with E-state index >= 15 is 0 Å². The molecule has 2 aliphatic rings. The minimum absolute atomic E-state index is 0.0152. The second kappa shape index (κ2) is 7.05. The van der Waals surface area contributed by atoms with Crippen LogP contribution in [0.5, 0.6) is 0 Å². The Morgan fingerprint density at radius 1 is 0.759 bits per heavy atom. The molecular formula is C21H22O6S2. The van der Waals surface area contributed by atoms with E-state index in [-0.39, 0.29) is 22.1 Å². The zero-order chi connectivity index (χ0) is 20.9. The zero-order valence-corrected chi connectivity index (χ0v) is 17.7. The van der Waals surface area contributed by atoms with Gasteiger partial charge in [-0.05, 0) is 50.5 Å². The van der Waals surface area contributed by atoms with Crippen molar-refractivity contribution < 1.29 is 25.2 Å². The van der Waals surface area contributed by atoms with Crippen molar-refractivity contribution in [3.8, 4) is 0 Å². The van der Waals surface area contributed by atoms with Crippen LogP contribution in [-0.2, 0) is 28.6 Å². The van der Waals surface area contributed by atoms with Crippen molar-refractivity contribution in [2.45, 2.75) is 42.3 Å². The third-order valence-electron chi connectivity index (χ3n) is 5.40. The summed E-state index contributed by atoms with van der Waals surface area (Å²) in [7, 11) is -8.45. The van der Waals surface area contributed by atoms with Crippen molar-refractivity contribution in [3.05, 3.63) is 71.8 Å². The van der Waals surface area contributed by atoms with E-state index in [9.17, 15) is 16.8 Å². The summed E-state index contributed by atoms with van der Waals surface area (Å²) < 4.78 is 62.8. The molecule has 2 aromatic carbocycles. The molecule has 0 radical (unpaired) electrons. The Morgan fingerprint density at radius 3 is 1.55 bits per heavy atom. The molecule has 0 spiro atoms. The Kier molecular flexibility index (Phi) is 4.93. The molecule has 0 aliphatic heterocycles. The van der Waals surface area contributed by atoms with E-state index in [1.807, 2.05) is 19.9 Å². The lowest BCUT2D eigenvalue weighted by molar-refractivity contribution is -0.124. The monoisotopic (exact) mass is 434 g/mol. The molecule has 0 heterocycles. The van der Waals surface area contributed by atoms with Crippen molar-refractivity contribution in [1.29, 1.82) is 0 Å². The second-order valence-corrected chi connectivity index (χ2v) is 10.8. The number of allylic oxidation sites excluding steroid dienone is 1. The van der Waals surface area contributed by atoms with Crippen LogP contribution in [0.4, 0.5) is 0 Å². The molecule has 0 N–H and O–H groups in total. The maximum atomic E-state index is 12.9. The summed E-state index contributed by atoms with van der Waals surface area (Å²) in [5.41, 5.74) is 1.81. The van der Waals surface area contributed by atoms with Crippen LogP contribution in [0.3, 0.4) is 0 Å². The minimum Gasteiger partial charge on any atom is -0.230 e. The number of benzene rings is 2. The highest BCUT2D eigenvalue weighted by molar-refractivity contribution is 7.87. The fraction of sp³-hybridized carbons (Fsp3) is 0.333. The maximum Gasteiger partial charge on any atom is 0.299 e. The average Bonchev–Trinajstić information content (AvgIpc) is 3.22. The van der Waals surface area contributed by atoms with Crippen LogP contribution in [0.25, 0.3) is 0 Å². The van der Waals surface area contributed by atoms with Crippen LogP contribution in [0.15, 0.2) is 70.5 Å². The number of hydrogen-bond acceptors (Lipinski definition) is 6. The van der Waals surface area contributed by atoms with E-state index in [2.05, 4.69) is 0 Å². The van der Waals surface area contributed by atoms with Crippen LogP contribution >= 0.6 is 0 Å². The molecule has 0 aromatic heterocycles. The van der Waals surface area contributed by atoms with Gasteiger partial charge in [-0.15, -0.1) is 0 Å². The van der Waals surface area contributed by atoms with E-state index in [4.69, 9.17) is 8.37 Å². The molecule has 0 amide bonds. The van der Waals surface area contributed by atoms with Gasteiger partial charge in [-0.3, -0.25) is 0 Å². The summed E-state index contributed by atoms with van der Waals surface area (Å²) in [5, 5.41) is 0. The predicted octanol–water partition coefficient (Wildman–Crippen LogP) is 3.71. The predicted molar refractivity (Wildman–Crippen MR) is 107 cm³/mol. The molecule has 8 heteroatoms. The van der Waals surface area contributed by atoms with Gasteiger partial charge in [0.1, 0.15) is 0 Å². The molecule has 0 saturated heterocycles. The normalized spacial score (nSPS) is 22.8. The van der Waals surface area contributed by atoms with Gasteiger partial charge in [0.05, 0.1) is 9.79 Å². The van der Waals surface area contributed by atoms with Crippen LogP contribution in [0.2, 0.25) is 0 Å². The fourth-order valence-corrected chi connectivity index (χ4v) is 6.22. The molecule has 4 rings (SSSR count). The molecule has 29 heavy (non-hydrogen) atoms. The highest BCUT2D eigenvalue weighted by Gasteiger charge is 2.56. The van der Waals surface area contributed by atoms with Gasteiger partial charge in [0, 0.05) is 12.3 Å². The highest BCUT2D eigenvalue weighted by atomic mass is 32.2. The molecule has 2 aromatic rings. The largest absolute Gasteiger partial charge is 0.299 e. The van der Waals surface area contributed by atoms with Gasteiger partial charge in [-0.25, -0.2) is 8.37 Å². The maximum absolute atomic E-state index is 12.9. The Balaban J connectivity index is 1.70. The van der Waals surface area contributed by atoms with E-state index in [1.54, 1.807) is 30.3 Å². The molecular weight excluding hydrogens is 412 g/mol. The minimum atomic E-state index is -4.23. The molecule has 6 nitrogen and oxygen atoms in total. The first-order valence-electron chi connectivity index (χ1n) is 9.33. The van der Waals surface area contributed by atoms with Crippen LogP contribution in [-0.4, -0.2) is 22.6 Å². The summed E-state index contributed by atoms with van der Waals surface area (Å²) >= 11 is 0. The molecule has 154 valence electrons. The standard InChI is InChI=1S/C21H22O6S2/c1-15-3-9-19(10-4-15)28(22,23)26-21(14-17-7-8-18(21)13-17)27-29(24,25)20-11-5-16(2)6-12-20/h3-12,17-18H,13-14H2,1-2H3. The van der Waals surface area contributed by atoms with Crippen molar-refractivity contribution in [1.82, 2.24) is 0 Å². The van der Waals surface area contributed by atoms with Crippen LogP contribution < -0.4 is 0 Å². The number of aryl methyl sites for hydroxylation is 2. The lowest BCUT2D eigenvalue weighted by Gasteiger charge is -2.33. The van der Waals surface area contributed by atoms with Gasteiger partial charge < -0.3 is 0 Å². The zero-order valence-electron chi connectivity index (χ0n) is 16.1. The summed E-state index contributed by atoms with van der Waals surface area (Å²) in [5.74, 6) is -2.23. The number of fused-ring (bicyclic) bond motifs is 2. The second-order valence-electron chi connectivity index (χ2n) is 7.70. The Bertz CT molecular complexity index is 1070. The van der Waals surface area contributed by atoms with Crippen LogP contribution in [0.1, 0.15) is 24.0 Å². The van der Waals surface area contributed by atoms with Gasteiger partial charge in [0.2, 0.25) is 5.79 Å². The summed E-state index contributed by atoms with van der Waals surface area (Å²) in [6.45, 7) is 3.69. The summed E-state index contributed by atoms with van der Waals surface area (Å²) in [6.07, 6.45) is 4.48. The van der Waals surface area contributed by atoms with Crippen molar-refractivity contribution >= 4 is 20.2 Å². The quantitative estimate of drug-likeness (QED) is 0.391. The van der Waals surface area contributed by atoms with E-state index in [0.29, 0.717) is 6.42 Å². The molecule has 2 atom stereocenters. The van der Waals surface area contributed by atoms with Crippen molar-refractivity contribution in [2.75, 3.05) is 0 Å². The van der Waals surface area contributed by atoms with Gasteiger partial charge in [0.15, 0.2) is 0 Å². The van der Waals surface area contributed by atoms with Crippen molar-refractivity contribution in [2.24, 2.45) is 11.8 Å².